The molecule has 31 heavy (non-hydrogen) atoms. The molecule has 1 aliphatic heterocycles. The zero-order chi connectivity index (χ0) is 22.6. The molecule has 1 aliphatic carbocycles. The second-order valence-electron chi connectivity index (χ2n) is 9.10. The highest BCUT2D eigenvalue weighted by Crippen LogP contribution is 2.39. The normalized spacial score (nSPS) is 23.7. The molecular weight excluding hydrogens is 403 g/mol. The van der Waals surface area contributed by atoms with Crippen LogP contribution in [0, 0.1) is 11.8 Å². The first-order valence-electron chi connectivity index (χ1n) is 10.9. The van der Waals surface area contributed by atoms with E-state index in [1.807, 2.05) is 13.8 Å². The SMILES string of the molecule is CC(C)[C@H](CNC(=O)CCC1=CNC2(C)CCC=CC12)Nc1ccc(C(F)(F)F)cc1. The van der Waals surface area contributed by atoms with E-state index in [4.69, 9.17) is 0 Å². The van der Waals surface area contributed by atoms with Crippen LogP contribution in [0.4, 0.5) is 18.9 Å². The van der Waals surface area contributed by atoms with E-state index in [1.54, 1.807) is 0 Å². The predicted molar refractivity (Wildman–Crippen MR) is 117 cm³/mol. The van der Waals surface area contributed by atoms with Crippen LogP contribution in [-0.2, 0) is 11.0 Å². The Morgan fingerprint density at radius 2 is 1.97 bits per heavy atom. The van der Waals surface area contributed by atoms with Crippen molar-refractivity contribution in [1.29, 1.82) is 0 Å². The van der Waals surface area contributed by atoms with Gasteiger partial charge in [-0.2, -0.15) is 13.2 Å². The quantitative estimate of drug-likeness (QED) is 0.489. The number of allylic oxidation sites excluding steroid dienone is 1. The van der Waals surface area contributed by atoms with Crippen LogP contribution in [0.1, 0.15) is 52.0 Å². The van der Waals surface area contributed by atoms with Crippen LogP contribution < -0.4 is 16.0 Å². The molecule has 0 bridgehead atoms. The van der Waals surface area contributed by atoms with E-state index < -0.39 is 11.7 Å². The second-order valence-corrected chi connectivity index (χ2v) is 9.10. The molecule has 0 radical (unpaired) electrons. The first-order chi connectivity index (χ1) is 14.6. The lowest BCUT2D eigenvalue weighted by atomic mass is 9.76. The Balaban J connectivity index is 1.48. The minimum atomic E-state index is -4.35. The van der Waals surface area contributed by atoms with Gasteiger partial charge in [0.05, 0.1) is 5.56 Å². The second kappa shape index (κ2) is 9.37. The Bertz CT molecular complexity index is 829. The van der Waals surface area contributed by atoms with Gasteiger partial charge in [0, 0.05) is 36.2 Å². The number of hydrogen-bond acceptors (Lipinski definition) is 3. The molecule has 1 aromatic rings. The summed E-state index contributed by atoms with van der Waals surface area (Å²) < 4.78 is 38.2. The summed E-state index contributed by atoms with van der Waals surface area (Å²) in [6, 6.07) is 4.89. The maximum atomic E-state index is 12.7. The number of alkyl halides is 3. The third-order valence-corrected chi connectivity index (χ3v) is 6.36. The summed E-state index contributed by atoms with van der Waals surface area (Å²) in [6.45, 7) is 6.67. The summed E-state index contributed by atoms with van der Waals surface area (Å²) in [7, 11) is 0. The van der Waals surface area contributed by atoms with E-state index >= 15 is 0 Å². The molecule has 4 nitrogen and oxygen atoms in total. The molecule has 1 heterocycles. The number of amides is 1. The summed E-state index contributed by atoms with van der Waals surface area (Å²) in [6.07, 6.45) is 5.47. The summed E-state index contributed by atoms with van der Waals surface area (Å²) in [5, 5.41) is 9.71. The fourth-order valence-corrected chi connectivity index (χ4v) is 4.25. The van der Waals surface area contributed by atoms with Crippen LogP contribution in [0.2, 0.25) is 0 Å². The number of benzene rings is 1. The van der Waals surface area contributed by atoms with Crippen molar-refractivity contribution in [2.24, 2.45) is 11.8 Å². The third kappa shape index (κ3) is 5.83. The number of fused-ring (bicyclic) bond motifs is 1. The fourth-order valence-electron chi connectivity index (χ4n) is 4.25. The fraction of sp³-hybridized carbons (Fsp3) is 0.542. The Hall–Kier alpha value is -2.44. The van der Waals surface area contributed by atoms with Crippen molar-refractivity contribution in [3.05, 3.63) is 53.8 Å². The van der Waals surface area contributed by atoms with Crippen LogP contribution in [0.25, 0.3) is 0 Å². The molecule has 1 aromatic carbocycles. The minimum absolute atomic E-state index is 0.0193. The first kappa shape index (κ1) is 23.2. The van der Waals surface area contributed by atoms with Crippen molar-refractivity contribution in [2.45, 2.75) is 64.2 Å². The molecule has 0 saturated heterocycles. The van der Waals surface area contributed by atoms with Crippen molar-refractivity contribution in [2.75, 3.05) is 11.9 Å². The van der Waals surface area contributed by atoms with Crippen molar-refractivity contribution < 1.29 is 18.0 Å². The average Bonchev–Trinajstić information content (AvgIpc) is 3.05. The first-order valence-corrected chi connectivity index (χ1v) is 10.9. The van der Waals surface area contributed by atoms with Crippen molar-refractivity contribution in [3.63, 3.8) is 0 Å². The predicted octanol–water partition coefficient (Wildman–Crippen LogP) is 5.25. The van der Waals surface area contributed by atoms with Gasteiger partial charge in [0.15, 0.2) is 0 Å². The van der Waals surface area contributed by atoms with Gasteiger partial charge >= 0.3 is 6.18 Å². The molecule has 1 amide bonds. The number of rotatable bonds is 8. The van der Waals surface area contributed by atoms with E-state index in [0.717, 1.165) is 25.0 Å². The Morgan fingerprint density at radius 3 is 2.61 bits per heavy atom. The molecule has 3 atom stereocenters. The van der Waals surface area contributed by atoms with Gasteiger partial charge in [0.2, 0.25) is 5.91 Å². The van der Waals surface area contributed by atoms with Crippen LogP contribution >= 0.6 is 0 Å². The number of carbonyl (C=O) groups excluding carboxylic acids is 1. The number of halogens is 3. The van der Waals surface area contributed by atoms with E-state index in [0.29, 0.717) is 31.0 Å². The van der Waals surface area contributed by atoms with E-state index in [-0.39, 0.29) is 23.4 Å². The molecule has 7 heteroatoms. The molecule has 3 rings (SSSR count). The van der Waals surface area contributed by atoms with Gasteiger partial charge < -0.3 is 16.0 Å². The van der Waals surface area contributed by atoms with Gasteiger partial charge in [-0.1, -0.05) is 26.0 Å². The Morgan fingerprint density at radius 1 is 1.26 bits per heavy atom. The largest absolute Gasteiger partial charge is 0.416 e. The number of hydrogen-bond donors (Lipinski definition) is 3. The molecule has 2 unspecified atom stereocenters. The minimum Gasteiger partial charge on any atom is -0.385 e. The molecule has 0 spiro atoms. The maximum Gasteiger partial charge on any atom is 0.416 e. The van der Waals surface area contributed by atoms with Crippen molar-refractivity contribution in [1.82, 2.24) is 10.6 Å². The van der Waals surface area contributed by atoms with Crippen LogP contribution in [0.5, 0.6) is 0 Å². The smallest absolute Gasteiger partial charge is 0.385 e. The number of nitrogens with one attached hydrogen (secondary N) is 3. The number of carbonyl (C=O) groups is 1. The van der Waals surface area contributed by atoms with Gasteiger partial charge in [-0.25, -0.2) is 0 Å². The number of anilines is 1. The van der Waals surface area contributed by atoms with Gasteiger partial charge in [0.25, 0.3) is 0 Å². The molecule has 0 aromatic heterocycles. The maximum absolute atomic E-state index is 12.7. The Labute approximate surface area is 182 Å². The van der Waals surface area contributed by atoms with Crippen molar-refractivity contribution >= 4 is 11.6 Å². The highest BCUT2D eigenvalue weighted by atomic mass is 19.4. The van der Waals surface area contributed by atoms with Gasteiger partial charge in [-0.3, -0.25) is 4.79 Å². The van der Waals surface area contributed by atoms with Crippen LogP contribution in [-0.4, -0.2) is 24.0 Å². The highest BCUT2D eigenvalue weighted by molar-refractivity contribution is 5.76. The Kier molecular flexibility index (Phi) is 7.02. The molecule has 0 fully saturated rings. The lowest BCUT2D eigenvalue weighted by molar-refractivity contribution is -0.137. The van der Waals surface area contributed by atoms with Crippen molar-refractivity contribution in [3.8, 4) is 0 Å². The van der Waals surface area contributed by atoms with E-state index in [9.17, 15) is 18.0 Å². The lowest BCUT2D eigenvalue weighted by Gasteiger charge is -2.34. The van der Waals surface area contributed by atoms with E-state index in [2.05, 4.69) is 41.2 Å². The molecular formula is C24H32F3N3O. The van der Waals surface area contributed by atoms with E-state index in [1.165, 1.54) is 17.7 Å². The van der Waals surface area contributed by atoms with Crippen LogP contribution in [0.3, 0.4) is 0 Å². The third-order valence-electron chi connectivity index (χ3n) is 6.36. The summed E-state index contributed by atoms with van der Waals surface area (Å²) in [4.78, 5) is 12.4. The summed E-state index contributed by atoms with van der Waals surface area (Å²) in [5.41, 5.74) is 1.25. The topological polar surface area (TPSA) is 53.2 Å². The standard InChI is InChI=1S/C24H32F3N3O/c1-16(2)21(30-19-10-8-18(9-11-19)24(25,26)27)15-28-22(31)12-7-17-14-29-23(3)13-5-4-6-20(17)23/h4,6,8-11,14,16,20-21,29-30H,5,7,12-13,15H2,1-3H3,(H,28,31)/t20?,21-,23?/m0/s1. The van der Waals surface area contributed by atoms with Gasteiger partial charge in [0.1, 0.15) is 0 Å². The molecule has 2 aliphatic rings. The zero-order valence-electron chi connectivity index (χ0n) is 18.4. The van der Waals surface area contributed by atoms with Crippen LogP contribution in [0.15, 0.2) is 48.2 Å². The zero-order valence-corrected chi connectivity index (χ0v) is 18.4. The lowest BCUT2D eigenvalue weighted by Crippen LogP contribution is -2.42. The van der Waals surface area contributed by atoms with Gasteiger partial charge in [-0.15, -0.1) is 0 Å². The molecule has 3 N–H and O–H groups in total. The monoisotopic (exact) mass is 435 g/mol. The molecule has 170 valence electrons. The molecule has 0 saturated carbocycles. The summed E-state index contributed by atoms with van der Waals surface area (Å²) >= 11 is 0. The summed E-state index contributed by atoms with van der Waals surface area (Å²) in [5.74, 6) is 0.519. The highest BCUT2D eigenvalue weighted by Gasteiger charge is 2.39. The average molecular weight is 436 g/mol. The van der Waals surface area contributed by atoms with Gasteiger partial charge in [-0.05, 0) is 68.1 Å².